The molecule has 2 heterocycles. The molecule has 0 saturated heterocycles. The van der Waals surface area contributed by atoms with Gasteiger partial charge in [0.2, 0.25) is 0 Å². The standard InChI is InChI=1S/C15H13ClN4/c16-14-9-18-5-4-12(14)10-20-7-6-19-15(20)11-2-1-3-13(17)8-11/h1-9H,10,17H2. The van der Waals surface area contributed by atoms with Crippen LogP contribution in [0.25, 0.3) is 11.4 Å². The maximum atomic E-state index is 6.15. The van der Waals surface area contributed by atoms with Gasteiger partial charge < -0.3 is 10.3 Å². The SMILES string of the molecule is Nc1cccc(-c2nccn2Cc2ccncc2Cl)c1. The summed E-state index contributed by atoms with van der Waals surface area (Å²) in [5, 5.41) is 0.653. The van der Waals surface area contributed by atoms with Gasteiger partial charge in [0.05, 0.1) is 11.6 Å². The monoisotopic (exact) mass is 284 g/mol. The molecule has 0 aliphatic carbocycles. The van der Waals surface area contributed by atoms with Crippen LogP contribution in [0.1, 0.15) is 5.56 Å². The number of rotatable bonds is 3. The molecular formula is C15H13ClN4. The topological polar surface area (TPSA) is 56.7 Å². The van der Waals surface area contributed by atoms with Gasteiger partial charge in [0, 0.05) is 36.0 Å². The highest BCUT2D eigenvalue weighted by molar-refractivity contribution is 6.31. The molecule has 4 nitrogen and oxygen atoms in total. The Balaban J connectivity index is 1.97. The normalized spacial score (nSPS) is 10.7. The summed E-state index contributed by atoms with van der Waals surface area (Å²) in [5.74, 6) is 0.866. The van der Waals surface area contributed by atoms with Crippen molar-refractivity contribution in [3.63, 3.8) is 0 Å². The molecule has 20 heavy (non-hydrogen) atoms. The fourth-order valence-corrected chi connectivity index (χ4v) is 2.27. The van der Waals surface area contributed by atoms with E-state index in [1.807, 2.05) is 41.1 Å². The molecule has 3 rings (SSSR count). The van der Waals surface area contributed by atoms with Crippen LogP contribution in [0.2, 0.25) is 5.02 Å². The average Bonchev–Trinajstić information content (AvgIpc) is 2.90. The summed E-state index contributed by atoms with van der Waals surface area (Å²) >= 11 is 6.15. The quantitative estimate of drug-likeness (QED) is 0.751. The van der Waals surface area contributed by atoms with E-state index in [4.69, 9.17) is 17.3 Å². The Hall–Kier alpha value is -2.33. The second-order valence-electron chi connectivity index (χ2n) is 4.47. The summed E-state index contributed by atoms with van der Waals surface area (Å²) in [6, 6.07) is 9.58. The molecule has 0 saturated carbocycles. The highest BCUT2D eigenvalue weighted by Crippen LogP contribution is 2.22. The summed E-state index contributed by atoms with van der Waals surface area (Å²) in [4.78, 5) is 8.40. The average molecular weight is 285 g/mol. The minimum atomic E-state index is 0.644. The number of halogens is 1. The number of hydrogen-bond acceptors (Lipinski definition) is 3. The maximum absolute atomic E-state index is 6.15. The molecule has 3 aromatic rings. The van der Waals surface area contributed by atoms with Crippen molar-refractivity contribution in [2.24, 2.45) is 0 Å². The third-order valence-corrected chi connectivity index (χ3v) is 3.40. The third kappa shape index (κ3) is 2.51. The lowest BCUT2D eigenvalue weighted by Gasteiger charge is -2.09. The lowest BCUT2D eigenvalue weighted by Crippen LogP contribution is -2.02. The number of nitrogens with two attached hydrogens (primary N) is 1. The minimum Gasteiger partial charge on any atom is -0.399 e. The molecule has 100 valence electrons. The predicted octanol–water partition coefficient (Wildman–Crippen LogP) is 3.23. The molecule has 0 aliphatic rings. The molecule has 0 fully saturated rings. The van der Waals surface area contributed by atoms with E-state index in [-0.39, 0.29) is 0 Å². The summed E-state index contributed by atoms with van der Waals surface area (Å²) in [5.41, 5.74) is 8.54. The van der Waals surface area contributed by atoms with Crippen molar-refractivity contribution in [3.8, 4) is 11.4 Å². The van der Waals surface area contributed by atoms with Gasteiger partial charge in [-0.3, -0.25) is 4.98 Å². The first-order valence-electron chi connectivity index (χ1n) is 6.19. The molecule has 2 N–H and O–H groups in total. The molecule has 0 atom stereocenters. The number of aromatic nitrogens is 3. The van der Waals surface area contributed by atoms with Crippen LogP contribution in [0.3, 0.4) is 0 Å². The van der Waals surface area contributed by atoms with Gasteiger partial charge in [-0.2, -0.15) is 0 Å². The van der Waals surface area contributed by atoms with Crippen LogP contribution in [-0.4, -0.2) is 14.5 Å². The Kier molecular flexibility index (Phi) is 3.39. The molecule has 2 aromatic heterocycles. The van der Waals surface area contributed by atoms with Crippen LogP contribution in [0.15, 0.2) is 55.1 Å². The third-order valence-electron chi connectivity index (χ3n) is 3.06. The number of pyridine rings is 1. The Morgan fingerprint density at radius 2 is 2.10 bits per heavy atom. The van der Waals surface area contributed by atoms with Crippen LogP contribution in [0.4, 0.5) is 5.69 Å². The molecule has 0 amide bonds. The zero-order valence-corrected chi connectivity index (χ0v) is 11.5. The predicted molar refractivity (Wildman–Crippen MR) is 80.4 cm³/mol. The minimum absolute atomic E-state index is 0.644. The van der Waals surface area contributed by atoms with Crippen molar-refractivity contribution >= 4 is 17.3 Å². The number of benzene rings is 1. The van der Waals surface area contributed by atoms with E-state index in [0.29, 0.717) is 11.6 Å². The van der Waals surface area contributed by atoms with Crippen LogP contribution >= 0.6 is 11.6 Å². The van der Waals surface area contributed by atoms with Crippen LogP contribution < -0.4 is 5.73 Å². The molecule has 0 radical (unpaired) electrons. The summed E-state index contributed by atoms with van der Waals surface area (Å²) < 4.78 is 2.04. The molecule has 0 unspecified atom stereocenters. The van der Waals surface area contributed by atoms with Crippen LogP contribution in [0.5, 0.6) is 0 Å². The van der Waals surface area contributed by atoms with Gasteiger partial charge in [0.1, 0.15) is 5.82 Å². The second kappa shape index (κ2) is 5.35. The summed E-state index contributed by atoms with van der Waals surface area (Å²) in [6.45, 7) is 0.644. The van der Waals surface area contributed by atoms with E-state index in [1.54, 1.807) is 18.6 Å². The first kappa shape index (κ1) is 12.7. The van der Waals surface area contributed by atoms with Gasteiger partial charge in [-0.25, -0.2) is 4.98 Å². The zero-order valence-electron chi connectivity index (χ0n) is 10.7. The number of imidazole rings is 1. The Morgan fingerprint density at radius 1 is 1.20 bits per heavy atom. The van der Waals surface area contributed by atoms with Crippen molar-refractivity contribution in [3.05, 3.63) is 65.7 Å². The summed E-state index contributed by atoms with van der Waals surface area (Å²) in [6.07, 6.45) is 7.08. The Morgan fingerprint density at radius 3 is 2.90 bits per heavy atom. The molecular weight excluding hydrogens is 272 g/mol. The zero-order chi connectivity index (χ0) is 13.9. The van der Waals surface area contributed by atoms with Crippen molar-refractivity contribution < 1.29 is 0 Å². The van der Waals surface area contributed by atoms with E-state index in [2.05, 4.69) is 9.97 Å². The van der Waals surface area contributed by atoms with Gasteiger partial charge in [0.15, 0.2) is 0 Å². The van der Waals surface area contributed by atoms with E-state index in [9.17, 15) is 0 Å². The maximum Gasteiger partial charge on any atom is 0.140 e. The highest BCUT2D eigenvalue weighted by atomic mass is 35.5. The van der Waals surface area contributed by atoms with E-state index >= 15 is 0 Å². The lowest BCUT2D eigenvalue weighted by atomic mass is 10.2. The number of anilines is 1. The lowest BCUT2D eigenvalue weighted by molar-refractivity contribution is 0.805. The molecule has 0 aliphatic heterocycles. The summed E-state index contributed by atoms with van der Waals surface area (Å²) in [7, 11) is 0. The van der Waals surface area contributed by atoms with Gasteiger partial charge in [-0.05, 0) is 23.8 Å². The fraction of sp³-hybridized carbons (Fsp3) is 0.0667. The largest absolute Gasteiger partial charge is 0.399 e. The van der Waals surface area contributed by atoms with Crippen molar-refractivity contribution in [1.82, 2.24) is 14.5 Å². The number of nitrogen functional groups attached to an aromatic ring is 1. The van der Waals surface area contributed by atoms with Crippen LogP contribution in [-0.2, 0) is 6.54 Å². The van der Waals surface area contributed by atoms with E-state index < -0.39 is 0 Å². The highest BCUT2D eigenvalue weighted by Gasteiger charge is 2.08. The first-order valence-corrected chi connectivity index (χ1v) is 6.57. The van der Waals surface area contributed by atoms with Crippen molar-refractivity contribution in [1.29, 1.82) is 0 Å². The number of nitrogens with zero attached hydrogens (tertiary/aromatic N) is 3. The smallest absolute Gasteiger partial charge is 0.140 e. The van der Waals surface area contributed by atoms with Gasteiger partial charge in [0.25, 0.3) is 0 Å². The Labute approximate surface area is 121 Å². The fourth-order valence-electron chi connectivity index (χ4n) is 2.09. The van der Waals surface area contributed by atoms with Gasteiger partial charge in [-0.15, -0.1) is 0 Å². The van der Waals surface area contributed by atoms with E-state index in [1.165, 1.54) is 0 Å². The van der Waals surface area contributed by atoms with E-state index in [0.717, 1.165) is 22.6 Å². The molecule has 5 heteroatoms. The first-order chi connectivity index (χ1) is 9.74. The molecule has 0 spiro atoms. The second-order valence-corrected chi connectivity index (χ2v) is 4.88. The molecule has 1 aromatic carbocycles. The molecule has 0 bridgehead atoms. The Bertz CT molecular complexity index is 736. The van der Waals surface area contributed by atoms with Crippen molar-refractivity contribution in [2.45, 2.75) is 6.54 Å². The van der Waals surface area contributed by atoms with Crippen LogP contribution in [0, 0.1) is 0 Å². The van der Waals surface area contributed by atoms with Crippen molar-refractivity contribution in [2.75, 3.05) is 5.73 Å². The van der Waals surface area contributed by atoms with Gasteiger partial charge in [-0.1, -0.05) is 23.7 Å². The number of hydrogen-bond donors (Lipinski definition) is 1. The van der Waals surface area contributed by atoms with Gasteiger partial charge >= 0.3 is 0 Å².